The average Bonchev–Trinajstić information content (AvgIpc) is 3.42. The van der Waals surface area contributed by atoms with E-state index in [1.165, 1.54) is 0 Å². The SMILES string of the molecule is C[C@H]1OC(c2ccc(OCCCO)cc2)=N[C@@]1(CCS(=O)(=O)c1ccccc1)C(=O)NCC(c1ccccc1)c1ccccc1. The van der Waals surface area contributed by atoms with E-state index in [-0.39, 0.29) is 42.0 Å². The lowest BCUT2D eigenvalue weighted by Crippen LogP contribution is -2.52. The Labute approximate surface area is 264 Å². The molecular formula is C36H38N2O6S. The Kier molecular flexibility index (Phi) is 10.3. The van der Waals surface area contributed by atoms with E-state index in [0.29, 0.717) is 24.3 Å². The number of aliphatic hydroxyl groups is 1. The van der Waals surface area contributed by atoms with Crippen LogP contribution < -0.4 is 10.1 Å². The van der Waals surface area contributed by atoms with Gasteiger partial charge in [0.15, 0.2) is 15.4 Å². The minimum atomic E-state index is -3.70. The summed E-state index contributed by atoms with van der Waals surface area (Å²) in [6.45, 7) is 2.47. The maximum atomic E-state index is 14.2. The van der Waals surface area contributed by atoms with Crippen LogP contribution in [0, 0.1) is 0 Å². The molecule has 0 aromatic heterocycles. The minimum absolute atomic E-state index is 0.0439. The topological polar surface area (TPSA) is 114 Å². The van der Waals surface area contributed by atoms with Crippen molar-refractivity contribution >= 4 is 21.6 Å². The van der Waals surface area contributed by atoms with Crippen molar-refractivity contribution in [3.8, 4) is 5.75 Å². The molecule has 0 unspecified atom stereocenters. The number of amides is 1. The van der Waals surface area contributed by atoms with E-state index < -0.39 is 27.4 Å². The van der Waals surface area contributed by atoms with Gasteiger partial charge in [0.05, 0.1) is 17.3 Å². The summed E-state index contributed by atoms with van der Waals surface area (Å²) < 4.78 is 38.5. The van der Waals surface area contributed by atoms with Gasteiger partial charge >= 0.3 is 0 Å². The van der Waals surface area contributed by atoms with Gasteiger partial charge in [-0.15, -0.1) is 0 Å². The molecule has 4 aromatic carbocycles. The lowest BCUT2D eigenvalue weighted by Gasteiger charge is -2.29. The van der Waals surface area contributed by atoms with Gasteiger partial charge in [-0.25, -0.2) is 13.4 Å². The molecule has 0 fully saturated rings. The first kappa shape index (κ1) is 31.9. The molecule has 0 radical (unpaired) electrons. The van der Waals surface area contributed by atoms with Crippen molar-refractivity contribution in [2.24, 2.45) is 4.99 Å². The molecular weight excluding hydrogens is 588 g/mol. The Morgan fingerprint density at radius 1 is 0.911 bits per heavy atom. The molecule has 4 aromatic rings. The van der Waals surface area contributed by atoms with Crippen LogP contribution in [0.5, 0.6) is 5.75 Å². The van der Waals surface area contributed by atoms with E-state index in [0.717, 1.165) is 11.1 Å². The van der Waals surface area contributed by atoms with Crippen molar-refractivity contribution in [3.63, 3.8) is 0 Å². The van der Waals surface area contributed by atoms with Crippen molar-refractivity contribution in [1.82, 2.24) is 5.32 Å². The van der Waals surface area contributed by atoms with Crippen LogP contribution >= 0.6 is 0 Å². The number of aliphatic imine (C=N–C) groups is 1. The van der Waals surface area contributed by atoms with Crippen molar-refractivity contribution in [1.29, 1.82) is 0 Å². The molecule has 5 rings (SSSR count). The number of benzene rings is 4. The first-order valence-electron chi connectivity index (χ1n) is 15.1. The highest BCUT2D eigenvalue weighted by molar-refractivity contribution is 7.91. The van der Waals surface area contributed by atoms with Crippen molar-refractivity contribution in [2.45, 2.75) is 42.2 Å². The molecule has 0 saturated carbocycles. The predicted molar refractivity (Wildman–Crippen MR) is 174 cm³/mol. The molecule has 8 nitrogen and oxygen atoms in total. The molecule has 0 aliphatic carbocycles. The number of hydrogen-bond acceptors (Lipinski definition) is 7. The standard InChI is InChI=1S/C36H38N2O6S/c1-27-36(22-25-45(41,42)32-16-9-4-10-17-32,38-34(44-27)30-18-20-31(21-19-30)43-24-11-23-39)35(40)37-26-33(28-12-5-2-6-13-28)29-14-7-3-8-15-29/h2-10,12-21,27,33,39H,11,22-26H2,1H3,(H,37,40)/t27-,36-/m1/s1. The Hall–Kier alpha value is -4.47. The van der Waals surface area contributed by atoms with Gasteiger partial charge in [0.25, 0.3) is 5.91 Å². The molecule has 45 heavy (non-hydrogen) atoms. The number of carbonyl (C=O) groups is 1. The highest BCUT2D eigenvalue weighted by Gasteiger charge is 2.50. The molecule has 1 aliphatic rings. The number of hydrogen-bond donors (Lipinski definition) is 2. The zero-order chi connectivity index (χ0) is 31.7. The summed E-state index contributed by atoms with van der Waals surface area (Å²) in [5, 5.41) is 12.1. The van der Waals surface area contributed by atoms with E-state index >= 15 is 0 Å². The van der Waals surface area contributed by atoms with Gasteiger partial charge in [0.2, 0.25) is 5.90 Å². The Bertz CT molecular complexity index is 1640. The fraction of sp³-hybridized carbons (Fsp3) is 0.278. The molecule has 0 saturated heterocycles. The third-order valence-corrected chi connectivity index (χ3v) is 9.78. The van der Waals surface area contributed by atoms with E-state index in [4.69, 9.17) is 19.6 Å². The second kappa shape index (κ2) is 14.5. The van der Waals surface area contributed by atoms with E-state index in [1.54, 1.807) is 61.5 Å². The molecule has 1 aliphatic heterocycles. The monoisotopic (exact) mass is 626 g/mol. The zero-order valence-corrected chi connectivity index (χ0v) is 26.0. The molecule has 0 spiro atoms. The van der Waals surface area contributed by atoms with E-state index in [2.05, 4.69) is 5.32 Å². The molecule has 0 bridgehead atoms. The quantitative estimate of drug-likeness (QED) is 0.187. The van der Waals surface area contributed by atoms with Gasteiger partial charge in [-0.2, -0.15) is 0 Å². The Balaban J connectivity index is 1.44. The smallest absolute Gasteiger partial charge is 0.252 e. The fourth-order valence-corrected chi connectivity index (χ4v) is 6.82. The lowest BCUT2D eigenvalue weighted by atomic mass is 9.88. The number of sulfone groups is 1. The number of ether oxygens (including phenoxy) is 2. The van der Waals surface area contributed by atoms with Crippen LogP contribution in [0.15, 0.2) is 125 Å². The number of carbonyl (C=O) groups excluding carboxylic acids is 1. The summed E-state index contributed by atoms with van der Waals surface area (Å²) in [6.07, 6.45) is -0.274. The molecule has 2 N–H and O–H groups in total. The Morgan fingerprint density at radius 3 is 2.07 bits per heavy atom. The van der Waals surface area contributed by atoms with E-state index in [1.807, 2.05) is 60.7 Å². The normalized spacial score (nSPS) is 17.8. The van der Waals surface area contributed by atoms with Crippen LogP contribution in [0.2, 0.25) is 0 Å². The van der Waals surface area contributed by atoms with Crippen molar-refractivity contribution < 1.29 is 27.8 Å². The number of nitrogens with zero attached hydrogens (tertiary/aromatic N) is 1. The van der Waals surface area contributed by atoms with Gasteiger partial charge in [0, 0.05) is 31.1 Å². The maximum absolute atomic E-state index is 14.2. The summed E-state index contributed by atoms with van der Waals surface area (Å²) in [5.41, 5.74) is 1.26. The van der Waals surface area contributed by atoms with Crippen molar-refractivity contribution in [2.75, 3.05) is 25.5 Å². The number of rotatable bonds is 14. The highest BCUT2D eigenvalue weighted by atomic mass is 32.2. The fourth-order valence-electron chi connectivity index (χ4n) is 5.43. The van der Waals surface area contributed by atoms with Gasteiger partial charge in [-0.1, -0.05) is 78.9 Å². The van der Waals surface area contributed by atoms with Crippen LogP contribution in [0.3, 0.4) is 0 Å². The van der Waals surface area contributed by atoms with Crippen LogP contribution in [0.25, 0.3) is 0 Å². The third-order valence-electron chi connectivity index (χ3n) is 8.05. The number of nitrogens with one attached hydrogen (secondary N) is 1. The highest BCUT2D eigenvalue weighted by Crippen LogP contribution is 2.34. The average molecular weight is 627 g/mol. The molecule has 1 heterocycles. The van der Waals surface area contributed by atoms with Crippen molar-refractivity contribution in [3.05, 3.63) is 132 Å². The largest absolute Gasteiger partial charge is 0.494 e. The predicted octanol–water partition coefficient (Wildman–Crippen LogP) is 5.16. The minimum Gasteiger partial charge on any atom is -0.494 e. The maximum Gasteiger partial charge on any atom is 0.252 e. The van der Waals surface area contributed by atoms with Gasteiger partial charge in [-0.3, -0.25) is 4.79 Å². The van der Waals surface area contributed by atoms with Crippen LogP contribution in [-0.4, -0.2) is 62.5 Å². The molecule has 9 heteroatoms. The summed E-state index contributed by atoms with van der Waals surface area (Å²) in [6, 6.07) is 35.2. The van der Waals surface area contributed by atoms with Gasteiger partial charge in [0.1, 0.15) is 11.9 Å². The first-order chi connectivity index (χ1) is 21.8. The summed E-state index contributed by atoms with van der Waals surface area (Å²) in [5.74, 6) is 0.0897. The Morgan fingerprint density at radius 2 is 1.49 bits per heavy atom. The zero-order valence-electron chi connectivity index (χ0n) is 25.2. The number of aliphatic hydroxyl groups excluding tert-OH is 1. The van der Waals surface area contributed by atoms with Gasteiger partial charge in [-0.05, 0) is 60.9 Å². The first-order valence-corrected chi connectivity index (χ1v) is 16.7. The summed E-state index contributed by atoms with van der Waals surface area (Å²) in [4.78, 5) is 19.3. The van der Waals surface area contributed by atoms with E-state index in [9.17, 15) is 13.2 Å². The molecule has 234 valence electrons. The molecule has 2 atom stereocenters. The third kappa shape index (κ3) is 7.61. The second-order valence-corrected chi connectivity index (χ2v) is 13.1. The van der Waals surface area contributed by atoms with Gasteiger partial charge < -0.3 is 19.9 Å². The van der Waals surface area contributed by atoms with Crippen LogP contribution in [0.1, 0.15) is 42.4 Å². The van der Waals surface area contributed by atoms with Crippen LogP contribution in [-0.2, 0) is 19.4 Å². The lowest BCUT2D eigenvalue weighted by molar-refractivity contribution is -0.128. The molecule has 1 amide bonds. The summed E-state index contributed by atoms with van der Waals surface area (Å²) >= 11 is 0. The van der Waals surface area contributed by atoms with Crippen LogP contribution in [0.4, 0.5) is 0 Å². The summed E-state index contributed by atoms with van der Waals surface area (Å²) in [7, 11) is -3.70. The second-order valence-electron chi connectivity index (χ2n) is 11.0.